The fraction of sp³-hybridized carbons (Fsp3) is 0.857. The Balaban J connectivity index is 0. The third kappa shape index (κ3) is 4.21. The predicted octanol–water partition coefficient (Wildman–Crippen LogP) is 1.78. The van der Waals surface area contributed by atoms with Crippen LogP contribution in [-0.2, 0) is 37.5 Å². The molecule has 0 rings (SSSR count). The Kier molecular flexibility index (Phi) is 6.32. The van der Waals surface area contributed by atoms with Crippen LogP contribution in [0.4, 0.5) is 0 Å². The molecule has 0 N–H and O–H groups in total. The summed E-state index contributed by atoms with van der Waals surface area (Å²) in [5, 5.41) is 0. The van der Waals surface area contributed by atoms with Crippen molar-refractivity contribution in [1.29, 1.82) is 0 Å². The first kappa shape index (κ1) is 12.5. The van der Waals surface area contributed by atoms with Crippen LogP contribution in [0, 0.1) is 11.3 Å². The Morgan fingerprint density at radius 1 is 1.33 bits per heavy atom. The van der Waals surface area contributed by atoms with Crippen molar-refractivity contribution < 1.29 is 37.5 Å². The second-order valence-corrected chi connectivity index (χ2v) is 2.98. The first-order valence-electron chi connectivity index (χ1n) is 2.90. The van der Waals surface area contributed by atoms with Crippen molar-refractivity contribution in [3.8, 4) is 0 Å². The molecule has 0 unspecified atom stereocenters. The van der Waals surface area contributed by atoms with Gasteiger partial charge in [0.2, 0.25) is 0 Å². The summed E-state index contributed by atoms with van der Waals surface area (Å²) in [6.45, 7) is 7.82. The molecule has 51 valence electrons. The summed E-state index contributed by atoms with van der Waals surface area (Å²) in [5.41, 5.74) is -0.264. The maximum Gasteiger partial charge on any atom is 0 e. The van der Waals surface area contributed by atoms with E-state index >= 15 is 0 Å². The van der Waals surface area contributed by atoms with Crippen molar-refractivity contribution in [2.24, 2.45) is 11.3 Å². The zero-order chi connectivity index (χ0) is 6.78. The molecule has 9 heavy (non-hydrogen) atoms. The van der Waals surface area contributed by atoms with Crippen molar-refractivity contribution >= 4 is 6.29 Å². The largest absolute Gasteiger partial charge is 0.541 e. The molecule has 0 amide bonds. The maximum absolute atomic E-state index is 10.1. The third-order valence-corrected chi connectivity index (χ3v) is 1.71. The minimum absolute atomic E-state index is 0. The van der Waals surface area contributed by atoms with Gasteiger partial charge in [-0.25, -0.2) is 0 Å². The van der Waals surface area contributed by atoms with Gasteiger partial charge in [0.1, 0.15) is 0 Å². The van der Waals surface area contributed by atoms with Crippen molar-refractivity contribution in [2.45, 2.75) is 27.7 Å². The Morgan fingerprint density at radius 3 is 1.67 bits per heavy atom. The topological polar surface area (TPSA) is 17.1 Å². The number of hydrogen-bond donors (Lipinski definition) is 0. The van der Waals surface area contributed by atoms with E-state index in [-0.39, 0.29) is 38.1 Å². The van der Waals surface area contributed by atoms with Crippen LogP contribution in [0.25, 0.3) is 0 Å². The zero-order valence-electron chi connectivity index (χ0n) is 6.56. The molecule has 0 aromatic carbocycles. The maximum atomic E-state index is 10.1. The van der Waals surface area contributed by atoms with Crippen LogP contribution in [-0.4, -0.2) is 6.29 Å². The fourth-order valence-electron chi connectivity index (χ4n) is 0.118. The van der Waals surface area contributed by atoms with Crippen LogP contribution < -0.4 is 0 Å². The SMILES string of the molecule is CC(C)C(C)(C)[C-]=O.[Y]. The van der Waals surface area contributed by atoms with Crippen LogP contribution >= 0.6 is 0 Å². The number of carbonyl (C=O) groups excluding carboxylic acids is 1. The van der Waals surface area contributed by atoms with Gasteiger partial charge in [-0.05, 0) is 0 Å². The molecule has 1 nitrogen and oxygen atoms in total. The van der Waals surface area contributed by atoms with E-state index in [0.29, 0.717) is 5.92 Å². The zero-order valence-corrected chi connectivity index (χ0v) is 9.40. The smallest absolute Gasteiger partial charge is 0 e. The van der Waals surface area contributed by atoms with Gasteiger partial charge >= 0.3 is 0 Å². The molecular weight excluding hydrogens is 189 g/mol. The molecule has 0 bridgehead atoms. The van der Waals surface area contributed by atoms with E-state index < -0.39 is 0 Å². The quantitative estimate of drug-likeness (QED) is 0.623. The van der Waals surface area contributed by atoms with Gasteiger partial charge in [-0.1, -0.05) is 33.6 Å². The van der Waals surface area contributed by atoms with Gasteiger partial charge in [-0.15, -0.1) is 5.41 Å². The molecule has 0 saturated heterocycles. The minimum atomic E-state index is -0.264. The number of rotatable bonds is 2. The summed E-state index contributed by atoms with van der Waals surface area (Å²) in [6.07, 6.45) is 1.99. The molecule has 0 aromatic heterocycles. The summed E-state index contributed by atoms with van der Waals surface area (Å²) in [7, 11) is 0. The standard InChI is InChI=1S/C7H13O.Y/c1-6(2)7(3,4)5-8;/h6H,1-4H3;/q-1;. The first-order chi connectivity index (χ1) is 3.50. The van der Waals surface area contributed by atoms with Gasteiger partial charge in [0.25, 0.3) is 0 Å². The van der Waals surface area contributed by atoms with Crippen LogP contribution in [0.2, 0.25) is 0 Å². The molecule has 0 heterocycles. The molecule has 0 fully saturated rings. The first-order valence-corrected chi connectivity index (χ1v) is 2.90. The van der Waals surface area contributed by atoms with E-state index in [1.807, 2.05) is 34.0 Å². The molecule has 0 aromatic rings. The summed E-state index contributed by atoms with van der Waals surface area (Å²) >= 11 is 0. The van der Waals surface area contributed by atoms with Gasteiger partial charge in [0.05, 0.1) is 0 Å². The van der Waals surface area contributed by atoms with Crippen LogP contribution in [0.5, 0.6) is 0 Å². The van der Waals surface area contributed by atoms with E-state index in [1.54, 1.807) is 0 Å². The molecule has 0 aliphatic carbocycles. The van der Waals surface area contributed by atoms with Crippen LogP contribution in [0.3, 0.4) is 0 Å². The summed E-state index contributed by atoms with van der Waals surface area (Å²) < 4.78 is 0. The summed E-state index contributed by atoms with van der Waals surface area (Å²) in [5.74, 6) is 0.389. The molecule has 0 atom stereocenters. The average molecular weight is 202 g/mol. The Labute approximate surface area is 82.5 Å². The second kappa shape index (κ2) is 4.57. The van der Waals surface area contributed by atoms with Gasteiger partial charge < -0.3 is 4.79 Å². The second-order valence-electron chi connectivity index (χ2n) is 2.98. The molecule has 0 saturated carbocycles. The third-order valence-electron chi connectivity index (χ3n) is 1.71. The van der Waals surface area contributed by atoms with Crippen molar-refractivity contribution in [1.82, 2.24) is 0 Å². The summed E-state index contributed by atoms with van der Waals surface area (Å²) in [6, 6.07) is 0. The van der Waals surface area contributed by atoms with E-state index in [9.17, 15) is 4.79 Å². The predicted molar refractivity (Wildman–Crippen MR) is 34.3 cm³/mol. The Bertz CT molecular complexity index is 86.9. The monoisotopic (exact) mass is 202 g/mol. The van der Waals surface area contributed by atoms with E-state index in [0.717, 1.165) is 0 Å². The molecule has 0 spiro atoms. The van der Waals surface area contributed by atoms with Crippen LogP contribution in [0.15, 0.2) is 0 Å². The van der Waals surface area contributed by atoms with Gasteiger partial charge in [-0.2, -0.15) is 0 Å². The molecule has 1 radical (unpaired) electrons. The van der Waals surface area contributed by atoms with Gasteiger partial charge in [0, 0.05) is 32.7 Å². The van der Waals surface area contributed by atoms with Gasteiger partial charge in [-0.3, -0.25) is 6.29 Å². The number of hydrogen-bond acceptors (Lipinski definition) is 1. The normalized spacial score (nSPS) is 10.8. The Hall–Kier alpha value is 0.774. The average Bonchev–Trinajstić information content (AvgIpc) is 1.67. The molecule has 0 aliphatic heterocycles. The van der Waals surface area contributed by atoms with Gasteiger partial charge in [0.15, 0.2) is 0 Å². The molecular formula is C7H13OY-. The van der Waals surface area contributed by atoms with Crippen molar-refractivity contribution in [3.63, 3.8) is 0 Å². The molecule has 0 aliphatic rings. The summed E-state index contributed by atoms with van der Waals surface area (Å²) in [4.78, 5) is 10.1. The van der Waals surface area contributed by atoms with E-state index in [4.69, 9.17) is 0 Å². The van der Waals surface area contributed by atoms with Crippen molar-refractivity contribution in [2.75, 3.05) is 0 Å². The minimum Gasteiger partial charge on any atom is -0.541 e. The Morgan fingerprint density at radius 2 is 1.67 bits per heavy atom. The van der Waals surface area contributed by atoms with E-state index in [2.05, 4.69) is 0 Å². The van der Waals surface area contributed by atoms with Crippen LogP contribution in [0.1, 0.15) is 27.7 Å². The van der Waals surface area contributed by atoms with Crippen molar-refractivity contribution in [3.05, 3.63) is 0 Å². The fourth-order valence-corrected chi connectivity index (χ4v) is 0.118. The van der Waals surface area contributed by atoms with E-state index in [1.165, 1.54) is 0 Å². The molecule has 2 heteroatoms.